The van der Waals surface area contributed by atoms with Crippen molar-refractivity contribution in [2.24, 2.45) is 5.73 Å². The van der Waals surface area contributed by atoms with Gasteiger partial charge < -0.3 is 11.1 Å². The average Bonchev–Trinajstić information content (AvgIpc) is 2.64. The zero-order chi connectivity index (χ0) is 12.0. The van der Waals surface area contributed by atoms with Crippen LogP contribution in [0.4, 0.5) is 0 Å². The highest BCUT2D eigenvalue weighted by atomic mass is 32.1. The zero-order valence-corrected chi connectivity index (χ0v) is 10.6. The molecule has 0 aliphatic heterocycles. The Balaban J connectivity index is 2.18. The molecule has 0 fully saturated rings. The standard InChI is InChI=1S/C11H19N3OS/c1-8(6-12)13-11(15)5-3-4-10-7-16-9(2)14-10/h7-8H,3-6,12H2,1-2H3,(H,13,15)/t8-/m0/s1. The van der Waals surface area contributed by atoms with Gasteiger partial charge in [-0.3, -0.25) is 4.79 Å². The third kappa shape index (κ3) is 4.72. The molecule has 1 aromatic heterocycles. The van der Waals surface area contributed by atoms with E-state index in [1.165, 1.54) is 0 Å². The van der Waals surface area contributed by atoms with Crippen LogP contribution in [-0.2, 0) is 11.2 Å². The van der Waals surface area contributed by atoms with Gasteiger partial charge in [-0.15, -0.1) is 11.3 Å². The lowest BCUT2D eigenvalue weighted by Gasteiger charge is -2.10. The van der Waals surface area contributed by atoms with Crippen LogP contribution in [0.15, 0.2) is 5.38 Å². The first-order valence-electron chi connectivity index (χ1n) is 5.52. The Morgan fingerprint density at radius 1 is 1.69 bits per heavy atom. The number of aromatic nitrogens is 1. The second-order valence-electron chi connectivity index (χ2n) is 3.92. The van der Waals surface area contributed by atoms with Gasteiger partial charge in [0.2, 0.25) is 5.91 Å². The molecule has 0 aliphatic carbocycles. The summed E-state index contributed by atoms with van der Waals surface area (Å²) < 4.78 is 0. The quantitative estimate of drug-likeness (QED) is 0.787. The SMILES string of the molecule is Cc1nc(CCCC(=O)N[C@@H](C)CN)cs1. The highest BCUT2D eigenvalue weighted by molar-refractivity contribution is 7.09. The smallest absolute Gasteiger partial charge is 0.220 e. The van der Waals surface area contributed by atoms with E-state index in [9.17, 15) is 4.79 Å². The number of aryl methyl sites for hydroxylation is 2. The van der Waals surface area contributed by atoms with Crippen molar-refractivity contribution in [3.63, 3.8) is 0 Å². The van der Waals surface area contributed by atoms with E-state index in [0.717, 1.165) is 23.5 Å². The topological polar surface area (TPSA) is 68.0 Å². The van der Waals surface area contributed by atoms with E-state index in [2.05, 4.69) is 15.7 Å². The molecular weight excluding hydrogens is 222 g/mol. The van der Waals surface area contributed by atoms with Crippen molar-refractivity contribution in [3.05, 3.63) is 16.1 Å². The van der Waals surface area contributed by atoms with Crippen molar-refractivity contribution >= 4 is 17.2 Å². The molecule has 1 aromatic rings. The number of nitrogens with two attached hydrogens (primary N) is 1. The number of hydrogen-bond acceptors (Lipinski definition) is 4. The number of rotatable bonds is 6. The maximum atomic E-state index is 11.4. The monoisotopic (exact) mass is 241 g/mol. The number of thiazole rings is 1. The Morgan fingerprint density at radius 3 is 3.00 bits per heavy atom. The van der Waals surface area contributed by atoms with E-state index in [0.29, 0.717) is 13.0 Å². The van der Waals surface area contributed by atoms with Crippen molar-refractivity contribution < 1.29 is 4.79 Å². The molecule has 0 saturated heterocycles. The summed E-state index contributed by atoms with van der Waals surface area (Å²) in [6.07, 6.45) is 2.25. The summed E-state index contributed by atoms with van der Waals surface area (Å²) in [6, 6.07) is 0.0639. The van der Waals surface area contributed by atoms with Gasteiger partial charge in [-0.05, 0) is 26.7 Å². The van der Waals surface area contributed by atoms with Crippen LogP contribution in [0.5, 0.6) is 0 Å². The average molecular weight is 241 g/mol. The lowest BCUT2D eigenvalue weighted by atomic mass is 10.2. The predicted molar refractivity (Wildman–Crippen MR) is 66.4 cm³/mol. The van der Waals surface area contributed by atoms with Gasteiger partial charge >= 0.3 is 0 Å². The van der Waals surface area contributed by atoms with E-state index in [-0.39, 0.29) is 11.9 Å². The van der Waals surface area contributed by atoms with Crippen molar-refractivity contribution in [1.82, 2.24) is 10.3 Å². The molecule has 16 heavy (non-hydrogen) atoms. The molecule has 0 aromatic carbocycles. The summed E-state index contributed by atoms with van der Waals surface area (Å²) in [5, 5.41) is 5.97. The first kappa shape index (κ1) is 13.1. The highest BCUT2D eigenvalue weighted by Gasteiger charge is 2.06. The lowest BCUT2D eigenvalue weighted by Crippen LogP contribution is -2.37. The Bertz CT molecular complexity index is 338. The molecule has 0 radical (unpaired) electrons. The summed E-state index contributed by atoms with van der Waals surface area (Å²) in [4.78, 5) is 15.8. The molecular formula is C11H19N3OS. The van der Waals surface area contributed by atoms with Crippen molar-refractivity contribution in [1.29, 1.82) is 0 Å². The van der Waals surface area contributed by atoms with E-state index in [1.807, 2.05) is 13.8 Å². The van der Waals surface area contributed by atoms with Gasteiger partial charge in [0.15, 0.2) is 0 Å². The Labute approximate surface area is 100 Å². The summed E-state index contributed by atoms with van der Waals surface area (Å²) in [5.74, 6) is 0.0740. The van der Waals surface area contributed by atoms with Gasteiger partial charge in [-0.2, -0.15) is 0 Å². The second-order valence-corrected chi connectivity index (χ2v) is 4.98. The molecule has 3 N–H and O–H groups in total. The van der Waals surface area contributed by atoms with E-state index in [4.69, 9.17) is 5.73 Å². The normalized spacial score (nSPS) is 12.4. The lowest BCUT2D eigenvalue weighted by molar-refractivity contribution is -0.121. The maximum absolute atomic E-state index is 11.4. The Morgan fingerprint density at radius 2 is 2.44 bits per heavy atom. The molecule has 90 valence electrons. The first-order valence-corrected chi connectivity index (χ1v) is 6.40. The van der Waals surface area contributed by atoms with Gasteiger partial charge in [0.1, 0.15) is 0 Å². The number of carbonyl (C=O) groups is 1. The molecule has 1 rings (SSSR count). The van der Waals surface area contributed by atoms with Crippen molar-refractivity contribution in [2.75, 3.05) is 6.54 Å². The molecule has 0 aliphatic rings. The van der Waals surface area contributed by atoms with Gasteiger partial charge in [0.25, 0.3) is 0 Å². The van der Waals surface area contributed by atoms with Crippen LogP contribution in [-0.4, -0.2) is 23.5 Å². The summed E-state index contributed by atoms with van der Waals surface area (Å²) in [6.45, 7) is 4.38. The van der Waals surface area contributed by atoms with Crippen molar-refractivity contribution in [2.45, 2.75) is 39.2 Å². The second kappa shape index (κ2) is 6.60. The summed E-state index contributed by atoms with van der Waals surface area (Å²) in [5.41, 5.74) is 6.50. The van der Waals surface area contributed by atoms with Crippen LogP contribution in [0.2, 0.25) is 0 Å². The fourth-order valence-electron chi connectivity index (χ4n) is 1.36. The predicted octanol–water partition coefficient (Wildman–Crippen LogP) is 1.24. The molecule has 1 amide bonds. The summed E-state index contributed by atoms with van der Waals surface area (Å²) >= 11 is 1.65. The number of nitrogens with zero attached hydrogens (tertiary/aromatic N) is 1. The molecule has 5 heteroatoms. The van der Waals surface area contributed by atoms with Crippen LogP contribution in [0.1, 0.15) is 30.5 Å². The van der Waals surface area contributed by atoms with E-state index < -0.39 is 0 Å². The molecule has 0 spiro atoms. The fraction of sp³-hybridized carbons (Fsp3) is 0.636. The van der Waals surface area contributed by atoms with Crippen LogP contribution in [0, 0.1) is 6.92 Å². The van der Waals surface area contributed by atoms with Crippen LogP contribution < -0.4 is 11.1 Å². The maximum Gasteiger partial charge on any atom is 0.220 e. The Kier molecular flexibility index (Phi) is 5.42. The minimum atomic E-state index is 0.0639. The minimum absolute atomic E-state index is 0.0639. The first-order chi connectivity index (χ1) is 7.61. The molecule has 0 saturated carbocycles. The number of hydrogen-bond donors (Lipinski definition) is 2. The molecule has 0 bridgehead atoms. The van der Waals surface area contributed by atoms with Crippen LogP contribution in [0.25, 0.3) is 0 Å². The van der Waals surface area contributed by atoms with Gasteiger partial charge in [0, 0.05) is 24.4 Å². The van der Waals surface area contributed by atoms with E-state index in [1.54, 1.807) is 11.3 Å². The third-order valence-corrected chi connectivity index (χ3v) is 3.09. The van der Waals surface area contributed by atoms with Gasteiger partial charge in [-0.1, -0.05) is 0 Å². The molecule has 1 atom stereocenters. The molecule has 0 unspecified atom stereocenters. The molecule has 1 heterocycles. The fourth-order valence-corrected chi connectivity index (χ4v) is 2.01. The number of amides is 1. The molecule has 4 nitrogen and oxygen atoms in total. The van der Waals surface area contributed by atoms with Crippen molar-refractivity contribution in [3.8, 4) is 0 Å². The van der Waals surface area contributed by atoms with Crippen LogP contribution >= 0.6 is 11.3 Å². The Hall–Kier alpha value is -0.940. The number of nitrogens with one attached hydrogen (secondary N) is 1. The largest absolute Gasteiger partial charge is 0.352 e. The summed E-state index contributed by atoms with van der Waals surface area (Å²) in [7, 11) is 0. The van der Waals surface area contributed by atoms with Gasteiger partial charge in [0.05, 0.1) is 10.7 Å². The minimum Gasteiger partial charge on any atom is -0.352 e. The van der Waals surface area contributed by atoms with E-state index >= 15 is 0 Å². The zero-order valence-electron chi connectivity index (χ0n) is 9.82. The highest BCUT2D eigenvalue weighted by Crippen LogP contribution is 2.10. The number of carbonyl (C=O) groups excluding carboxylic acids is 1. The third-order valence-electron chi connectivity index (χ3n) is 2.26. The van der Waals surface area contributed by atoms with Gasteiger partial charge in [-0.25, -0.2) is 4.98 Å². The van der Waals surface area contributed by atoms with Crippen LogP contribution in [0.3, 0.4) is 0 Å².